The molecule has 0 aliphatic carbocycles. The monoisotopic (exact) mass is 98.0 g/mol. The molecule has 0 radical (unpaired) electrons. The molecule has 3 heteroatoms. The van der Waals surface area contributed by atoms with Crippen molar-refractivity contribution in [2.75, 3.05) is 6.66 Å². The Morgan fingerprint density at radius 2 is 2.00 bits per heavy atom. The fourth-order valence-corrected chi connectivity index (χ4v) is 0. The van der Waals surface area contributed by atoms with E-state index in [9.17, 15) is 4.20 Å². The molecule has 1 unspecified atom stereocenters. The summed E-state index contributed by atoms with van der Waals surface area (Å²) in [4.78, 5) is 0. The number of halogens is 1. The van der Waals surface area contributed by atoms with Gasteiger partial charge in [-0.25, -0.2) is 4.20 Å². The summed E-state index contributed by atoms with van der Waals surface area (Å²) >= 11 is 3.36. The van der Waals surface area contributed by atoms with Crippen LogP contribution >= 0.6 is 19.7 Å². The zero-order valence-corrected chi connectivity index (χ0v) is 4.06. The number of thiol groups is 1. The summed E-state index contributed by atoms with van der Waals surface area (Å²) in [7, 11) is -1.43. The summed E-state index contributed by atoms with van der Waals surface area (Å²) in [6, 6.07) is 0. The number of hydrogen-bond donors (Lipinski definition) is 1. The summed E-state index contributed by atoms with van der Waals surface area (Å²) < 4.78 is 10.9. The smallest absolute Gasteiger partial charge is 0.135 e. The van der Waals surface area contributed by atoms with E-state index in [-0.39, 0.29) is 0 Å². The van der Waals surface area contributed by atoms with Gasteiger partial charge in [-0.15, -0.1) is 12.2 Å². The summed E-state index contributed by atoms with van der Waals surface area (Å²) in [5, 5.41) is 0. The Kier molecular flexibility index (Phi) is 2.33. The summed E-state index contributed by atoms with van der Waals surface area (Å²) in [6.07, 6.45) is 0. The Morgan fingerprint density at radius 1 is 2.00 bits per heavy atom. The fraction of sp³-hybridized carbons (Fsp3) is 1.00. The Morgan fingerprint density at radius 3 is 2.00 bits per heavy atom. The topological polar surface area (TPSA) is 0 Å². The van der Waals surface area contributed by atoms with Crippen molar-refractivity contribution in [3.05, 3.63) is 0 Å². The lowest BCUT2D eigenvalue weighted by atomic mass is 12.0. The van der Waals surface area contributed by atoms with Crippen LogP contribution in [0, 0.1) is 0 Å². The average molecular weight is 98.1 g/mol. The van der Waals surface area contributed by atoms with Crippen molar-refractivity contribution in [1.29, 1.82) is 0 Å². The standard InChI is InChI=1S/CH4FPS/c1-3(2)4/h4H,1H3. The van der Waals surface area contributed by atoms with Crippen molar-refractivity contribution in [2.24, 2.45) is 0 Å². The van der Waals surface area contributed by atoms with Crippen LogP contribution in [0.15, 0.2) is 0 Å². The highest BCUT2D eigenvalue weighted by Crippen LogP contribution is 2.36. The molecule has 0 saturated heterocycles. The SMILES string of the molecule is CP(F)S. The van der Waals surface area contributed by atoms with E-state index >= 15 is 0 Å². The highest BCUT2D eigenvalue weighted by Gasteiger charge is 1.75. The lowest BCUT2D eigenvalue weighted by Gasteiger charge is -1.73. The van der Waals surface area contributed by atoms with Crippen molar-refractivity contribution in [3.8, 4) is 0 Å². The molecule has 26 valence electrons. The van der Waals surface area contributed by atoms with Crippen LogP contribution in [-0.2, 0) is 0 Å². The van der Waals surface area contributed by atoms with Crippen LogP contribution in [0.25, 0.3) is 0 Å². The Balaban J connectivity index is 2.32. The van der Waals surface area contributed by atoms with E-state index in [0.717, 1.165) is 0 Å². The summed E-state index contributed by atoms with van der Waals surface area (Å²) in [5.74, 6) is 0. The summed E-state index contributed by atoms with van der Waals surface area (Å²) in [6.45, 7) is 1.43. The van der Waals surface area contributed by atoms with E-state index in [2.05, 4.69) is 12.2 Å². The van der Waals surface area contributed by atoms with Gasteiger partial charge in [-0.05, 0) is 6.66 Å². The highest BCUT2D eigenvalue weighted by atomic mass is 32.7. The van der Waals surface area contributed by atoms with Crippen LogP contribution in [0.2, 0.25) is 0 Å². The molecule has 0 spiro atoms. The minimum absolute atomic E-state index is 1.43. The van der Waals surface area contributed by atoms with E-state index in [1.165, 1.54) is 6.66 Å². The first-order valence-corrected chi connectivity index (χ1v) is 3.65. The molecule has 0 nitrogen and oxygen atoms in total. The minimum Gasteiger partial charge on any atom is -0.215 e. The van der Waals surface area contributed by atoms with Crippen LogP contribution < -0.4 is 0 Å². The molecule has 0 heterocycles. The molecule has 0 aromatic rings. The maximum Gasteiger partial charge on any atom is 0.135 e. The third-order valence-electron chi connectivity index (χ3n) is 0. The molecule has 0 aliphatic rings. The van der Waals surface area contributed by atoms with Crippen LogP contribution in [-0.4, -0.2) is 6.66 Å². The Bertz CT molecular complexity index is 12.8. The fourth-order valence-electron chi connectivity index (χ4n) is 0. The summed E-state index contributed by atoms with van der Waals surface area (Å²) in [5.41, 5.74) is 0. The Hall–Kier alpha value is 0.710. The maximum atomic E-state index is 10.9. The molecule has 4 heavy (non-hydrogen) atoms. The van der Waals surface area contributed by atoms with E-state index < -0.39 is 7.43 Å². The van der Waals surface area contributed by atoms with Gasteiger partial charge in [-0.2, -0.15) is 0 Å². The van der Waals surface area contributed by atoms with Crippen LogP contribution in [0.3, 0.4) is 0 Å². The molecule has 0 amide bonds. The van der Waals surface area contributed by atoms with Gasteiger partial charge in [0.25, 0.3) is 0 Å². The second-order valence-corrected chi connectivity index (χ2v) is 2.99. The minimum atomic E-state index is -1.43. The lowest BCUT2D eigenvalue weighted by molar-refractivity contribution is 0.920. The van der Waals surface area contributed by atoms with Gasteiger partial charge in [0, 0.05) is 0 Å². The normalized spacial score (nSPS) is 15.8. The number of rotatable bonds is 0. The molecular weight excluding hydrogens is 94.1 g/mol. The van der Waals surface area contributed by atoms with Gasteiger partial charge in [0.05, 0.1) is 0 Å². The van der Waals surface area contributed by atoms with Crippen LogP contribution in [0.5, 0.6) is 0 Å². The number of hydrogen-bond acceptors (Lipinski definition) is 1. The Labute approximate surface area is 31.4 Å². The molecule has 0 rings (SSSR count). The first-order valence-electron chi connectivity index (χ1n) is 0.816. The third kappa shape index (κ3) is 15.7. The van der Waals surface area contributed by atoms with Crippen molar-refractivity contribution < 1.29 is 4.20 Å². The molecule has 0 bridgehead atoms. The zero-order valence-electron chi connectivity index (χ0n) is 2.27. The van der Waals surface area contributed by atoms with E-state index in [0.29, 0.717) is 0 Å². The van der Waals surface area contributed by atoms with Gasteiger partial charge in [0.1, 0.15) is 7.43 Å². The molecule has 0 aliphatic heterocycles. The van der Waals surface area contributed by atoms with Gasteiger partial charge in [0.2, 0.25) is 0 Å². The van der Waals surface area contributed by atoms with Crippen molar-refractivity contribution in [2.45, 2.75) is 0 Å². The quantitative estimate of drug-likeness (QED) is 0.347. The lowest BCUT2D eigenvalue weighted by Crippen LogP contribution is -1.24. The van der Waals surface area contributed by atoms with Crippen LogP contribution in [0.4, 0.5) is 4.20 Å². The van der Waals surface area contributed by atoms with E-state index in [1.54, 1.807) is 0 Å². The second kappa shape index (κ2) is 1.98. The van der Waals surface area contributed by atoms with Crippen molar-refractivity contribution >= 4 is 19.7 Å². The predicted molar refractivity (Wildman–Crippen MR) is 22.9 cm³/mol. The van der Waals surface area contributed by atoms with E-state index in [4.69, 9.17) is 0 Å². The van der Waals surface area contributed by atoms with Crippen molar-refractivity contribution in [1.82, 2.24) is 0 Å². The average Bonchev–Trinajstić information content (AvgIpc) is 0.811. The van der Waals surface area contributed by atoms with Gasteiger partial charge in [-0.1, -0.05) is 0 Å². The molecule has 0 aromatic heterocycles. The second-order valence-electron chi connectivity index (χ2n) is 0.445. The zero-order chi connectivity index (χ0) is 3.58. The largest absolute Gasteiger partial charge is 0.215 e. The van der Waals surface area contributed by atoms with Gasteiger partial charge < -0.3 is 0 Å². The van der Waals surface area contributed by atoms with E-state index in [1.807, 2.05) is 0 Å². The molecule has 0 saturated carbocycles. The first kappa shape index (κ1) is 4.71. The maximum absolute atomic E-state index is 10.9. The predicted octanol–water partition coefficient (Wildman–Crippen LogP) is 1.83. The van der Waals surface area contributed by atoms with Gasteiger partial charge in [-0.3, -0.25) is 0 Å². The highest BCUT2D eigenvalue weighted by molar-refractivity contribution is 8.43. The van der Waals surface area contributed by atoms with Crippen molar-refractivity contribution in [3.63, 3.8) is 0 Å². The molecule has 1 atom stereocenters. The molecule has 0 aromatic carbocycles. The molecule has 0 N–H and O–H groups in total. The van der Waals surface area contributed by atoms with Gasteiger partial charge >= 0.3 is 0 Å². The third-order valence-corrected chi connectivity index (χ3v) is 0. The first-order chi connectivity index (χ1) is 1.73. The van der Waals surface area contributed by atoms with Crippen LogP contribution in [0.1, 0.15) is 0 Å². The molecule has 0 fully saturated rings. The molecular formula is CH4FPS. The van der Waals surface area contributed by atoms with Gasteiger partial charge in [0.15, 0.2) is 0 Å².